The fourth-order valence-electron chi connectivity index (χ4n) is 3.14. The topological polar surface area (TPSA) is 72.9 Å². The summed E-state index contributed by atoms with van der Waals surface area (Å²) in [5.74, 6) is 0.522. The lowest BCUT2D eigenvalue weighted by Gasteiger charge is -2.26. The molecule has 0 spiro atoms. The Balaban J connectivity index is 2.15. The zero-order valence-corrected chi connectivity index (χ0v) is 17.7. The Bertz CT molecular complexity index is 957. The predicted octanol–water partition coefficient (Wildman–Crippen LogP) is 3.55. The molecule has 28 heavy (non-hydrogen) atoms. The highest BCUT2D eigenvalue weighted by Gasteiger charge is 2.37. The van der Waals surface area contributed by atoms with E-state index in [2.05, 4.69) is 0 Å². The standard InChI is InChI=1S/C20H23NO5S2/c1-4-26-20(22)19-18-16(6-5-7-17(18)25-3)21(12-13-27-19)28(23,24)15-10-8-14(2)9-11-15/h5-11,19H,4,12-13H2,1-3H3. The first-order chi connectivity index (χ1) is 13.4. The number of anilines is 1. The zero-order chi connectivity index (χ0) is 20.3. The van der Waals surface area contributed by atoms with Crippen LogP contribution in [0.25, 0.3) is 0 Å². The highest BCUT2D eigenvalue weighted by molar-refractivity contribution is 8.00. The van der Waals surface area contributed by atoms with Crippen molar-refractivity contribution < 1.29 is 22.7 Å². The monoisotopic (exact) mass is 421 g/mol. The third-order valence-electron chi connectivity index (χ3n) is 4.48. The van der Waals surface area contributed by atoms with Gasteiger partial charge in [0.05, 0.1) is 24.3 Å². The smallest absolute Gasteiger partial charge is 0.323 e. The van der Waals surface area contributed by atoms with Crippen LogP contribution in [0.5, 0.6) is 5.75 Å². The van der Waals surface area contributed by atoms with Gasteiger partial charge < -0.3 is 9.47 Å². The van der Waals surface area contributed by atoms with E-state index in [-0.39, 0.29) is 18.0 Å². The van der Waals surface area contributed by atoms with Crippen LogP contribution in [0, 0.1) is 6.92 Å². The number of esters is 1. The molecule has 1 aliphatic rings. The summed E-state index contributed by atoms with van der Waals surface area (Å²) in [6.07, 6.45) is 0. The largest absolute Gasteiger partial charge is 0.496 e. The number of sulfonamides is 1. The molecule has 150 valence electrons. The van der Waals surface area contributed by atoms with Crippen molar-refractivity contribution in [3.63, 3.8) is 0 Å². The van der Waals surface area contributed by atoms with Crippen LogP contribution in [0.1, 0.15) is 23.3 Å². The number of benzene rings is 2. The Morgan fingerprint density at radius 2 is 1.93 bits per heavy atom. The van der Waals surface area contributed by atoms with Gasteiger partial charge in [-0.25, -0.2) is 8.42 Å². The SMILES string of the molecule is CCOC(=O)C1SCCN(S(=O)(=O)c2ccc(C)cc2)c2cccc(OC)c21. The predicted molar refractivity (Wildman–Crippen MR) is 111 cm³/mol. The first kappa shape index (κ1) is 20.5. The molecule has 0 bridgehead atoms. The normalized spacial score (nSPS) is 16.8. The summed E-state index contributed by atoms with van der Waals surface area (Å²) in [5, 5.41) is -0.649. The number of fused-ring (bicyclic) bond motifs is 1. The molecule has 8 heteroatoms. The number of methoxy groups -OCH3 is 1. The van der Waals surface area contributed by atoms with Crippen LogP contribution < -0.4 is 9.04 Å². The summed E-state index contributed by atoms with van der Waals surface area (Å²) in [5.41, 5.74) is 1.96. The molecular formula is C20H23NO5S2. The Morgan fingerprint density at radius 3 is 2.57 bits per heavy atom. The maximum absolute atomic E-state index is 13.4. The van der Waals surface area contributed by atoms with Gasteiger partial charge in [0.2, 0.25) is 0 Å². The number of ether oxygens (including phenoxy) is 2. The minimum absolute atomic E-state index is 0.214. The van der Waals surface area contributed by atoms with Crippen molar-refractivity contribution in [2.24, 2.45) is 0 Å². The third-order valence-corrected chi connectivity index (χ3v) is 7.49. The van der Waals surface area contributed by atoms with Crippen LogP contribution in [-0.4, -0.2) is 40.4 Å². The highest BCUT2D eigenvalue weighted by atomic mass is 32.2. The highest BCUT2D eigenvalue weighted by Crippen LogP contribution is 2.45. The first-order valence-electron chi connectivity index (χ1n) is 8.94. The molecule has 2 aromatic rings. The molecular weight excluding hydrogens is 398 g/mol. The van der Waals surface area contributed by atoms with Crippen molar-refractivity contribution in [3.05, 3.63) is 53.6 Å². The second-order valence-electron chi connectivity index (χ2n) is 6.29. The van der Waals surface area contributed by atoms with E-state index in [0.29, 0.717) is 22.8 Å². The van der Waals surface area contributed by atoms with Gasteiger partial charge in [0.15, 0.2) is 0 Å². The molecule has 0 saturated heterocycles. The molecule has 0 fully saturated rings. The van der Waals surface area contributed by atoms with E-state index >= 15 is 0 Å². The van der Waals surface area contributed by atoms with Crippen molar-refractivity contribution in [2.75, 3.05) is 30.3 Å². The van der Waals surface area contributed by atoms with Crippen molar-refractivity contribution in [1.82, 2.24) is 0 Å². The van der Waals surface area contributed by atoms with Gasteiger partial charge in [0.1, 0.15) is 11.0 Å². The lowest BCUT2D eigenvalue weighted by molar-refractivity contribution is -0.142. The number of hydrogen-bond acceptors (Lipinski definition) is 6. The number of carbonyl (C=O) groups excluding carboxylic acids is 1. The average Bonchev–Trinajstić information content (AvgIpc) is 2.88. The summed E-state index contributed by atoms with van der Waals surface area (Å²) < 4.78 is 38.8. The lowest BCUT2D eigenvalue weighted by Crippen LogP contribution is -2.33. The van der Waals surface area contributed by atoms with E-state index in [1.54, 1.807) is 49.4 Å². The van der Waals surface area contributed by atoms with Crippen LogP contribution >= 0.6 is 11.8 Å². The van der Waals surface area contributed by atoms with Gasteiger partial charge in [-0.3, -0.25) is 9.10 Å². The molecule has 1 aliphatic heterocycles. The molecule has 1 heterocycles. The van der Waals surface area contributed by atoms with E-state index in [1.807, 2.05) is 6.92 Å². The number of carbonyl (C=O) groups is 1. The Labute approximate surface area is 169 Å². The number of hydrogen-bond donors (Lipinski definition) is 0. The Hall–Kier alpha value is -2.19. The van der Waals surface area contributed by atoms with Crippen molar-refractivity contribution in [3.8, 4) is 5.75 Å². The quantitative estimate of drug-likeness (QED) is 0.688. The van der Waals surface area contributed by atoms with E-state index in [0.717, 1.165) is 5.56 Å². The molecule has 0 aromatic heterocycles. The van der Waals surface area contributed by atoms with Gasteiger partial charge in [0, 0.05) is 17.9 Å². The molecule has 6 nitrogen and oxygen atoms in total. The molecule has 0 amide bonds. The summed E-state index contributed by atoms with van der Waals surface area (Å²) in [4.78, 5) is 12.8. The maximum Gasteiger partial charge on any atom is 0.323 e. The summed E-state index contributed by atoms with van der Waals surface area (Å²) in [6, 6.07) is 11.9. The van der Waals surface area contributed by atoms with E-state index in [9.17, 15) is 13.2 Å². The number of rotatable bonds is 5. The minimum atomic E-state index is -3.79. The molecule has 0 N–H and O–H groups in total. The molecule has 0 radical (unpaired) electrons. The van der Waals surface area contributed by atoms with Crippen molar-refractivity contribution in [2.45, 2.75) is 24.0 Å². The maximum atomic E-state index is 13.4. The van der Waals surface area contributed by atoms with Crippen LogP contribution in [0.2, 0.25) is 0 Å². The van der Waals surface area contributed by atoms with Crippen LogP contribution in [0.4, 0.5) is 5.69 Å². The van der Waals surface area contributed by atoms with E-state index < -0.39 is 21.2 Å². The Kier molecular flexibility index (Phi) is 6.20. The van der Waals surface area contributed by atoms with Gasteiger partial charge in [-0.2, -0.15) is 0 Å². The third kappa shape index (κ3) is 3.84. The number of aryl methyl sites for hydroxylation is 1. The van der Waals surface area contributed by atoms with Crippen LogP contribution in [0.3, 0.4) is 0 Å². The van der Waals surface area contributed by atoms with Gasteiger partial charge in [-0.1, -0.05) is 23.8 Å². The summed E-state index contributed by atoms with van der Waals surface area (Å²) in [7, 11) is -2.28. The van der Waals surface area contributed by atoms with Crippen molar-refractivity contribution >= 4 is 33.4 Å². The van der Waals surface area contributed by atoms with Crippen LogP contribution in [-0.2, 0) is 19.6 Å². The fraction of sp³-hybridized carbons (Fsp3) is 0.350. The second-order valence-corrected chi connectivity index (χ2v) is 9.36. The average molecular weight is 422 g/mol. The van der Waals surface area contributed by atoms with Gasteiger partial charge in [0.25, 0.3) is 10.0 Å². The zero-order valence-electron chi connectivity index (χ0n) is 16.0. The molecule has 1 unspecified atom stereocenters. The molecule has 0 saturated carbocycles. The first-order valence-corrected chi connectivity index (χ1v) is 11.4. The minimum Gasteiger partial charge on any atom is -0.496 e. The molecule has 1 atom stereocenters. The van der Waals surface area contributed by atoms with E-state index in [1.165, 1.54) is 23.2 Å². The molecule has 0 aliphatic carbocycles. The number of nitrogens with zero attached hydrogens (tertiary/aromatic N) is 1. The molecule has 2 aromatic carbocycles. The lowest BCUT2D eigenvalue weighted by atomic mass is 10.1. The van der Waals surface area contributed by atoms with Gasteiger partial charge >= 0.3 is 5.97 Å². The van der Waals surface area contributed by atoms with Gasteiger partial charge in [-0.05, 0) is 38.1 Å². The van der Waals surface area contributed by atoms with Crippen LogP contribution in [0.15, 0.2) is 47.4 Å². The van der Waals surface area contributed by atoms with Crippen molar-refractivity contribution in [1.29, 1.82) is 0 Å². The Morgan fingerprint density at radius 1 is 1.21 bits per heavy atom. The fourth-order valence-corrected chi connectivity index (χ4v) is 5.87. The summed E-state index contributed by atoms with van der Waals surface area (Å²) in [6.45, 7) is 4.16. The van der Waals surface area contributed by atoms with E-state index in [4.69, 9.17) is 9.47 Å². The van der Waals surface area contributed by atoms with Gasteiger partial charge in [-0.15, -0.1) is 11.8 Å². The molecule has 3 rings (SSSR count). The summed E-state index contributed by atoms with van der Waals surface area (Å²) >= 11 is 1.36. The second kappa shape index (κ2) is 8.45. The number of thioether (sulfide) groups is 1.